The van der Waals surface area contributed by atoms with E-state index < -0.39 is 10.0 Å². The van der Waals surface area contributed by atoms with Gasteiger partial charge in [0, 0.05) is 22.8 Å². The lowest BCUT2D eigenvalue weighted by Gasteiger charge is -2.11. The summed E-state index contributed by atoms with van der Waals surface area (Å²) < 4.78 is 27.8. The van der Waals surface area contributed by atoms with Crippen molar-refractivity contribution >= 4 is 33.2 Å². The van der Waals surface area contributed by atoms with Gasteiger partial charge in [-0.25, -0.2) is 13.1 Å². The lowest BCUT2D eigenvalue weighted by atomic mass is 10.1. The van der Waals surface area contributed by atoms with E-state index in [0.29, 0.717) is 16.3 Å². The Labute approximate surface area is 169 Å². The number of halogens is 1. The molecule has 0 radical (unpaired) electrons. The minimum atomic E-state index is -3.76. The normalized spacial score (nSPS) is 11.2. The van der Waals surface area contributed by atoms with E-state index in [-0.39, 0.29) is 22.9 Å². The van der Waals surface area contributed by atoms with Gasteiger partial charge in [0.2, 0.25) is 10.0 Å². The molecule has 0 fully saturated rings. The third-order valence-electron chi connectivity index (χ3n) is 4.18. The molecule has 1 amide bonds. The highest BCUT2D eigenvalue weighted by atomic mass is 35.5. The largest absolute Gasteiger partial charge is 0.322 e. The van der Waals surface area contributed by atoms with Gasteiger partial charge in [-0.05, 0) is 54.4 Å². The lowest BCUT2D eigenvalue weighted by Crippen LogP contribution is -2.24. The molecule has 0 aliphatic rings. The van der Waals surface area contributed by atoms with Crippen molar-refractivity contribution in [2.75, 3.05) is 5.32 Å². The topological polar surface area (TPSA) is 75.3 Å². The number of aryl methyl sites for hydroxylation is 1. The van der Waals surface area contributed by atoms with Crippen LogP contribution in [0, 0.1) is 6.92 Å². The standard InChI is InChI=1S/C21H19ClN2O3S/c1-15-7-12-19(28(26,27)23-14-16-5-3-2-4-6-16)13-20(15)21(25)24-18-10-8-17(22)9-11-18/h2-13,23H,14H2,1H3,(H,24,25). The number of hydrogen-bond acceptors (Lipinski definition) is 3. The van der Waals surface area contributed by atoms with Gasteiger partial charge in [-0.3, -0.25) is 4.79 Å². The minimum Gasteiger partial charge on any atom is -0.322 e. The Bertz CT molecular complexity index is 1080. The van der Waals surface area contributed by atoms with E-state index in [1.807, 2.05) is 30.3 Å². The second-order valence-electron chi connectivity index (χ2n) is 6.25. The highest BCUT2D eigenvalue weighted by Crippen LogP contribution is 2.19. The average Bonchev–Trinajstić information content (AvgIpc) is 2.69. The average molecular weight is 415 g/mol. The fraction of sp³-hybridized carbons (Fsp3) is 0.0952. The van der Waals surface area contributed by atoms with E-state index in [2.05, 4.69) is 10.0 Å². The Kier molecular flexibility index (Phi) is 6.14. The number of sulfonamides is 1. The quantitative estimate of drug-likeness (QED) is 0.628. The summed E-state index contributed by atoms with van der Waals surface area (Å²) in [4.78, 5) is 12.7. The molecular weight excluding hydrogens is 396 g/mol. The van der Waals surface area contributed by atoms with Gasteiger partial charge < -0.3 is 5.32 Å². The Hall–Kier alpha value is -2.67. The van der Waals surface area contributed by atoms with E-state index in [0.717, 1.165) is 5.56 Å². The van der Waals surface area contributed by atoms with Crippen LogP contribution in [-0.2, 0) is 16.6 Å². The van der Waals surface area contributed by atoms with Crippen LogP contribution in [0.3, 0.4) is 0 Å². The van der Waals surface area contributed by atoms with Crippen molar-refractivity contribution in [1.29, 1.82) is 0 Å². The number of anilines is 1. The second-order valence-corrected chi connectivity index (χ2v) is 8.45. The van der Waals surface area contributed by atoms with Crippen molar-refractivity contribution in [3.63, 3.8) is 0 Å². The zero-order valence-electron chi connectivity index (χ0n) is 15.1. The van der Waals surface area contributed by atoms with Gasteiger partial charge in [0.15, 0.2) is 0 Å². The van der Waals surface area contributed by atoms with Crippen LogP contribution in [0.4, 0.5) is 5.69 Å². The molecule has 144 valence electrons. The summed E-state index contributed by atoms with van der Waals surface area (Å²) in [5.41, 5.74) is 2.38. The summed E-state index contributed by atoms with van der Waals surface area (Å²) >= 11 is 5.85. The molecule has 7 heteroatoms. The van der Waals surface area contributed by atoms with Crippen LogP contribution in [0.1, 0.15) is 21.5 Å². The van der Waals surface area contributed by atoms with E-state index in [1.54, 1.807) is 37.3 Å². The summed E-state index contributed by atoms with van der Waals surface area (Å²) in [7, 11) is -3.76. The molecule has 0 spiro atoms. The molecule has 5 nitrogen and oxygen atoms in total. The van der Waals surface area contributed by atoms with Crippen molar-refractivity contribution < 1.29 is 13.2 Å². The van der Waals surface area contributed by atoms with Crippen molar-refractivity contribution in [2.24, 2.45) is 0 Å². The first-order chi connectivity index (χ1) is 13.3. The zero-order chi connectivity index (χ0) is 20.1. The highest BCUT2D eigenvalue weighted by molar-refractivity contribution is 7.89. The monoisotopic (exact) mass is 414 g/mol. The summed E-state index contributed by atoms with van der Waals surface area (Å²) in [6, 6.07) is 20.4. The maximum Gasteiger partial charge on any atom is 0.255 e. The summed E-state index contributed by atoms with van der Waals surface area (Å²) in [5, 5.41) is 3.31. The van der Waals surface area contributed by atoms with Crippen LogP contribution in [0.5, 0.6) is 0 Å². The van der Waals surface area contributed by atoms with E-state index in [4.69, 9.17) is 11.6 Å². The molecule has 0 bridgehead atoms. The molecule has 0 unspecified atom stereocenters. The van der Waals surface area contributed by atoms with Gasteiger partial charge in [0.05, 0.1) is 4.90 Å². The molecule has 0 aromatic heterocycles. The van der Waals surface area contributed by atoms with Gasteiger partial charge >= 0.3 is 0 Å². The fourth-order valence-corrected chi connectivity index (χ4v) is 3.77. The Morgan fingerprint density at radius 2 is 1.64 bits per heavy atom. The van der Waals surface area contributed by atoms with Crippen LogP contribution < -0.4 is 10.0 Å². The number of carbonyl (C=O) groups excluding carboxylic acids is 1. The number of rotatable bonds is 6. The molecule has 2 N–H and O–H groups in total. The maximum atomic E-state index is 12.6. The Balaban J connectivity index is 1.79. The molecule has 3 aromatic rings. The fourth-order valence-electron chi connectivity index (χ4n) is 2.60. The van der Waals surface area contributed by atoms with Gasteiger partial charge in [-0.2, -0.15) is 0 Å². The third kappa shape index (κ3) is 4.98. The number of nitrogens with one attached hydrogen (secondary N) is 2. The summed E-state index contributed by atoms with van der Waals surface area (Å²) in [6.45, 7) is 1.92. The first-order valence-electron chi connectivity index (χ1n) is 8.56. The number of carbonyl (C=O) groups is 1. The maximum absolute atomic E-state index is 12.6. The molecule has 28 heavy (non-hydrogen) atoms. The Morgan fingerprint density at radius 3 is 2.32 bits per heavy atom. The molecule has 0 atom stereocenters. The van der Waals surface area contributed by atoms with Gasteiger partial charge in [0.25, 0.3) is 5.91 Å². The molecule has 0 saturated carbocycles. The van der Waals surface area contributed by atoms with Crippen LogP contribution in [-0.4, -0.2) is 14.3 Å². The molecule has 0 aliphatic heterocycles. The second kappa shape index (κ2) is 8.56. The van der Waals surface area contributed by atoms with Gasteiger partial charge in [-0.15, -0.1) is 0 Å². The van der Waals surface area contributed by atoms with Crippen molar-refractivity contribution in [3.05, 3.63) is 94.5 Å². The smallest absolute Gasteiger partial charge is 0.255 e. The molecule has 0 aliphatic carbocycles. The van der Waals surface area contributed by atoms with Crippen molar-refractivity contribution in [3.8, 4) is 0 Å². The number of benzene rings is 3. The van der Waals surface area contributed by atoms with Gasteiger partial charge in [0.1, 0.15) is 0 Å². The first kappa shape index (κ1) is 20.1. The van der Waals surface area contributed by atoms with Crippen molar-refractivity contribution in [1.82, 2.24) is 4.72 Å². The number of hydrogen-bond donors (Lipinski definition) is 2. The van der Waals surface area contributed by atoms with Crippen LogP contribution in [0.15, 0.2) is 77.7 Å². The predicted octanol–water partition coefficient (Wildman–Crippen LogP) is 4.38. The molecule has 3 aromatic carbocycles. The van der Waals surface area contributed by atoms with Crippen LogP contribution in [0.2, 0.25) is 5.02 Å². The molecule has 0 heterocycles. The lowest BCUT2D eigenvalue weighted by molar-refractivity contribution is 0.102. The summed E-state index contributed by atoms with van der Waals surface area (Å²) in [5.74, 6) is -0.389. The van der Waals surface area contributed by atoms with Crippen LogP contribution in [0.25, 0.3) is 0 Å². The minimum absolute atomic E-state index is 0.0373. The van der Waals surface area contributed by atoms with E-state index >= 15 is 0 Å². The molecular formula is C21H19ClN2O3S. The number of amides is 1. The SMILES string of the molecule is Cc1ccc(S(=O)(=O)NCc2ccccc2)cc1C(=O)Nc1ccc(Cl)cc1. The molecule has 0 saturated heterocycles. The Morgan fingerprint density at radius 1 is 0.964 bits per heavy atom. The highest BCUT2D eigenvalue weighted by Gasteiger charge is 2.18. The van der Waals surface area contributed by atoms with Crippen molar-refractivity contribution in [2.45, 2.75) is 18.4 Å². The first-order valence-corrected chi connectivity index (χ1v) is 10.4. The molecule has 3 rings (SSSR count). The van der Waals surface area contributed by atoms with E-state index in [1.165, 1.54) is 12.1 Å². The zero-order valence-corrected chi connectivity index (χ0v) is 16.7. The third-order valence-corrected chi connectivity index (χ3v) is 5.83. The van der Waals surface area contributed by atoms with Gasteiger partial charge in [-0.1, -0.05) is 48.0 Å². The van der Waals surface area contributed by atoms with E-state index in [9.17, 15) is 13.2 Å². The predicted molar refractivity (Wildman–Crippen MR) is 111 cm³/mol. The van der Waals surface area contributed by atoms with Crippen LogP contribution >= 0.6 is 11.6 Å². The summed E-state index contributed by atoms with van der Waals surface area (Å²) in [6.07, 6.45) is 0.